The van der Waals surface area contributed by atoms with Crippen molar-refractivity contribution < 1.29 is 19.1 Å². The van der Waals surface area contributed by atoms with Gasteiger partial charge in [-0.1, -0.05) is 42.5 Å². The van der Waals surface area contributed by atoms with Crippen LogP contribution in [0.2, 0.25) is 0 Å². The van der Waals surface area contributed by atoms with E-state index in [0.29, 0.717) is 37.6 Å². The Labute approximate surface area is 177 Å². The number of carbonyl (C=O) groups excluding carboxylic acids is 2. The number of piperazine rings is 1. The number of rotatable bonds is 4. The van der Waals surface area contributed by atoms with E-state index in [1.807, 2.05) is 47.4 Å². The summed E-state index contributed by atoms with van der Waals surface area (Å²) in [6.07, 6.45) is 1.31. The molecule has 0 aliphatic carbocycles. The standard InChI is InChI=1S/C24H28N2O4/c1-18(27)19-7-9-20(10-8-19)24(11-15-29-16-12-24)22-17-25-13-14-26(22)23(28)30-21-5-3-2-4-6-21/h2-10,22,25H,11-17H2,1H3. The molecule has 0 bridgehead atoms. The van der Waals surface area contributed by atoms with Crippen molar-refractivity contribution in [3.8, 4) is 5.75 Å². The number of para-hydroxylation sites is 1. The van der Waals surface area contributed by atoms with Gasteiger partial charge in [-0.2, -0.15) is 0 Å². The Morgan fingerprint density at radius 3 is 2.43 bits per heavy atom. The van der Waals surface area contributed by atoms with Gasteiger partial charge in [-0.25, -0.2) is 4.79 Å². The van der Waals surface area contributed by atoms with Crippen molar-refractivity contribution >= 4 is 11.9 Å². The molecule has 158 valence electrons. The fourth-order valence-corrected chi connectivity index (χ4v) is 4.65. The van der Waals surface area contributed by atoms with E-state index in [0.717, 1.165) is 24.9 Å². The highest BCUT2D eigenvalue weighted by molar-refractivity contribution is 5.94. The Bertz CT molecular complexity index is 876. The second kappa shape index (κ2) is 8.98. The maximum absolute atomic E-state index is 13.1. The minimum atomic E-state index is -0.320. The van der Waals surface area contributed by atoms with Crippen molar-refractivity contribution in [2.45, 2.75) is 31.2 Å². The fourth-order valence-electron chi connectivity index (χ4n) is 4.65. The van der Waals surface area contributed by atoms with Gasteiger partial charge in [0.2, 0.25) is 0 Å². The molecule has 1 unspecified atom stereocenters. The van der Waals surface area contributed by atoms with Gasteiger partial charge < -0.3 is 19.7 Å². The largest absolute Gasteiger partial charge is 0.415 e. The molecule has 1 N–H and O–H groups in total. The van der Waals surface area contributed by atoms with Gasteiger partial charge in [0.05, 0.1) is 6.04 Å². The first-order valence-corrected chi connectivity index (χ1v) is 10.5. The molecule has 0 radical (unpaired) electrons. The third-order valence-corrected chi connectivity index (χ3v) is 6.32. The van der Waals surface area contributed by atoms with Crippen LogP contribution in [0.4, 0.5) is 4.79 Å². The molecule has 0 aromatic heterocycles. The zero-order chi connectivity index (χ0) is 21.0. The van der Waals surface area contributed by atoms with Crippen molar-refractivity contribution in [3.63, 3.8) is 0 Å². The highest BCUT2D eigenvalue weighted by Gasteiger charge is 2.47. The van der Waals surface area contributed by atoms with E-state index in [2.05, 4.69) is 5.32 Å². The first kappa shape index (κ1) is 20.6. The molecular weight excluding hydrogens is 380 g/mol. The summed E-state index contributed by atoms with van der Waals surface area (Å²) in [7, 11) is 0. The number of Topliss-reactive ketones (excluding diaryl/α,β-unsaturated/α-hetero) is 1. The third kappa shape index (κ3) is 4.11. The third-order valence-electron chi connectivity index (χ3n) is 6.32. The van der Waals surface area contributed by atoms with Gasteiger partial charge in [0, 0.05) is 43.8 Å². The molecule has 2 aromatic carbocycles. The van der Waals surface area contributed by atoms with Crippen molar-refractivity contribution in [2.75, 3.05) is 32.8 Å². The highest BCUT2D eigenvalue weighted by Crippen LogP contribution is 2.41. The fraction of sp³-hybridized carbons (Fsp3) is 0.417. The summed E-state index contributed by atoms with van der Waals surface area (Å²) in [5.41, 5.74) is 1.58. The summed E-state index contributed by atoms with van der Waals surface area (Å²) >= 11 is 0. The summed E-state index contributed by atoms with van der Waals surface area (Å²) < 4.78 is 11.4. The minimum absolute atomic E-state index is 0.0509. The van der Waals surface area contributed by atoms with Crippen LogP contribution in [0.15, 0.2) is 54.6 Å². The van der Waals surface area contributed by atoms with Gasteiger partial charge in [0.1, 0.15) is 5.75 Å². The molecule has 1 amide bonds. The topological polar surface area (TPSA) is 67.9 Å². The van der Waals surface area contributed by atoms with Crippen LogP contribution in [0.3, 0.4) is 0 Å². The Balaban J connectivity index is 1.65. The van der Waals surface area contributed by atoms with Gasteiger partial charge in [-0.15, -0.1) is 0 Å². The Morgan fingerprint density at radius 1 is 1.07 bits per heavy atom. The molecule has 1 atom stereocenters. The lowest BCUT2D eigenvalue weighted by atomic mass is 9.67. The molecule has 6 heteroatoms. The number of hydrogen-bond acceptors (Lipinski definition) is 5. The van der Waals surface area contributed by atoms with E-state index in [-0.39, 0.29) is 23.3 Å². The summed E-state index contributed by atoms with van der Waals surface area (Å²) in [5, 5.41) is 3.46. The number of nitrogens with one attached hydrogen (secondary N) is 1. The minimum Gasteiger partial charge on any atom is -0.410 e. The van der Waals surface area contributed by atoms with Gasteiger partial charge in [0.25, 0.3) is 0 Å². The Morgan fingerprint density at radius 2 is 1.77 bits per heavy atom. The zero-order valence-corrected chi connectivity index (χ0v) is 17.3. The molecule has 4 rings (SSSR count). The quantitative estimate of drug-likeness (QED) is 0.786. The lowest BCUT2D eigenvalue weighted by molar-refractivity contribution is 0.00132. The number of hydrogen-bond donors (Lipinski definition) is 1. The van der Waals surface area contributed by atoms with Crippen LogP contribution in [-0.4, -0.2) is 55.7 Å². The van der Waals surface area contributed by atoms with Crippen LogP contribution in [0.1, 0.15) is 35.7 Å². The van der Waals surface area contributed by atoms with Crippen molar-refractivity contribution in [1.82, 2.24) is 10.2 Å². The molecule has 2 saturated heterocycles. The highest BCUT2D eigenvalue weighted by atomic mass is 16.6. The molecule has 2 heterocycles. The number of nitrogens with zero attached hydrogens (tertiary/aromatic N) is 1. The molecule has 0 saturated carbocycles. The summed E-state index contributed by atoms with van der Waals surface area (Å²) in [6, 6.07) is 17.0. The lowest BCUT2D eigenvalue weighted by Gasteiger charge is -2.50. The number of ether oxygens (including phenoxy) is 2. The van der Waals surface area contributed by atoms with E-state index < -0.39 is 0 Å². The molecular formula is C24H28N2O4. The van der Waals surface area contributed by atoms with Crippen LogP contribution in [0, 0.1) is 0 Å². The van der Waals surface area contributed by atoms with Crippen LogP contribution in [0.25, 0.3) is 0 Å². The molecule has 2 aliphatic heterocycles. The monoisotopic (exact) mass is 408 g/mol. The first-order valence-electron chi connectivity index (χ1n) is 10.5. The van der Waals surface area contributed by atoms with Gasteiger partial charge in [-0.3, -0.25) is 4.79 Å². The number of benzene rings is 2. The van der Waals surface area contributed by atoms with Crippen LogP contribution in [0.5, 0.6) is 5.75 Å². The molecule has 2 aliphatic rings. The maximum atomic E-state index is 13.1. The van der Waals surface area contributed by atoms with Gasteiger partial charge in [0.15, 0.2) is 5.78 Å². The number of amides is 1. The number of ketones is 1. The van der Waals surface area contributed by atoms with E-state index in [9.17, 15) is 9.59 Å². The second-order valence-corrected chi connectivity index (χ2v) is 8.00. The van der Waals surface area contributed by atoms with E-state index in [4.69, 9.17) is 9.47 Å². The number of carbonyl (C=O) groups is 2. The SMILES string of the molecule is CC(=O)c1ccc(C2(C3CNCCN3C(=O)Oc3ccccc3)CCOCC2)cc1. The van der Waals surface area contributed by atoms with Crippen LogP contribution < -0.4 is 10.1 Å². The maximum Gasteiger partial charge on any atom is 0.415 e. The summed E-state index contributed by atoms with van der Waals surface area (Å²) in [5.74, 6) is 0.599. The molecule has 0 spiro atoms. The second-order valence-electron chi connectivity index (χ2n) is 8.00. The van der Waals surface area contributed by atoms with E-state index in [1.54, 1.807) is 19.1 Å². The van der Waals surface area contributed by atoms with Crippen molar-refractivity contribution in [3.05, 3.63) is 65.7 Å². The van der Waals surface area contributed by atoms with Gasteiger partial charge in [-0.05, 0) is 37.5 Å². The Kier molecular flexibility index (Phi) is 6.16. The summed E-state index contributed by atoms with van der Waals surface area (Å²) in [6.45, 7) is 4.88. The molecule has 30 heavy (non-hydrogen) atoms. The van der Waals surface area contributed by atoms with E-state index in [1.165, 1.54) is 0 Å². The van der Waals surface area contributed by atoms with Crippen molar-refractivity contribution in [1.29, 1.82) is 0 Å². The Hall–Kier alpha value is -2.70. The molecule has 2 aromatic rings. The zero-order valence-electron chi connectivity index (χ0n) is 17.3. The van der Waals surface area contributed by atoms with Gasteiger partial charge >= 0.3 is 6.09 Å². The lowest BCUT2D eigenvalue weighted by Crippen LogP contribution is -2.63. The molecule has 2 fully saturated rings. The van der Waals surface area contributed by atoms with Crippen LogP contribution >= 0.6 is 0 Å². The van der Waals surface area contributed by atoms with Crippen LogP contribution in [-0.2, 0) is 10.2 Å². The average Bonchev–Trinajstić information content (AvgIpc) is 2.80. The predicted octanol–water partition coefficient (Wildman–Crippen LogP) is 3.41. The smallest absolute Gasteiger partial charge is 0.410 e. The average molecular weight is 408 g/mol. The summed E-state index contributed by atoms with van der Waals surface area (Å²) in [4.78, 5) is 26.7. The van der Waals surface area contributed by atoms with E-state index >= 15 is 0 Å². The first-order chi connectivity index (χ1) is 14.6. The predicted molar refractivity (Wildman–Crippen MR) is 114 cm³/mol. The normalized spacial score (nSPS) is 21.1. The molecule has 6 nitrogen and oxygen atoms in total. The van der Waals surface area contributed by atoms with Crippen molar-refractivity contribution in [2.24, 2.45) is 0 Å².